The number of sulfonamides is 1. The normalized spacial score (nSPS) is 23.5. The van der Waals surface area contributed by atoms with Crippen LogP contribution >= 0.6 is 0 Å². The van der Waals surface area contributed by atoms with E-state index in [1.807, 2.05) is 0 Å². The lowest BCUT2D eigenvalue weighted by Gasteiger charge is -2.42. The monoisotopic (exact) mass is 478 g/mol. The summed E-state index contributed by atoms with van der Waals surface area (Å²) < 4.78 is 25.5. The Morgan fingerprint density at radius 1 is 1.24 bits per heavy atom. The molecule has 2 aliphatic rings. The van der Waals surface area contributed by atoms with Crippen molar-refractivity contribution in [3.63, 3.8) is 0 Å². The Morgan fingerprint density at radius 2 is 1.88 bits per heavy atom. The van der Waals surface area contributed by atoms with Crippen molar-refractivity contribution in [3.8, 4) is 0 Å². The summed E-state index contributed by atoms with van der Waals surface area (Å²) >= 11 is 0. The summed E-state index contributed by atoms with van der Waals surface area (Å²) in [7, 11) is -3.48. The maximum Gasteiger partial charge on any atom is 0.325 e. The second kappa shape index (κ2) is 8.96. The minimum Gasteiger partial charge on any atom is -0.324 e. The van der Waals surface area contributed by atoms with E-state index in [-0.39, 0.29) is 11.3 Å². The Bertz CT molecular complexity index is 1060. The molecule has 1 aromatic rings. The lowest BCUT2D eigenvalue weighted by Crippen LogP contribution is -2.51. The number of carbonyl (C=O) groups excluding carboxylic acids is 3. The number of hydrogen-bond donors (Lipinski definition) is 3. The van der Waals surface area contributed by atoms with E-state index in [4.69, 9.17) is 0 Å². The van der Waals surface area contributed by atoms with E-state index in [0.717, 1.165) is 30.4 Å². The van der Waals surface area contributed by atoms with Gasteiger partial charge >= 0.3 is 6.03 Å². The molecule has 182 valence electrons. The number of aryl methyl sites for hydroxylation is 1. The molecule has 0 unspecified atom stereocenters. The first-order chi connectivity index (χ1) is 15.3. The second-order valence-corrected chi connectivity index (χ2v) is 11.7. The number of nitrogens with one attached hydrogen (secondary N) is 3. The van der Waals surface area contributed by atoms with Gasteiger partial charge in [-0.05, 0) is 61.6 Å². The number of benzene rings is 1. The van der Waals surface area contributed by atoms with Crippen LogP contribution in [0, 0.1) is 18.3 Å². The molecular formula is C23H34N4O5S. The zero-order valence-electron chi connectivity index (χ0n) is 19.9. The average Bonchev–Trinajstić information content (AvgIpc) is 2.94. The van der Waals surface area contributed by atoms with Gasteiger partial charge < -0.3 is 10.6 Å². The van der Waals surface area contributed by atoms with E-state index in [1.54, 1.807) is 19.1 Å². The molecule has 3 N–H and O–H groups in total. The standard InChI is InChI=1S/C23H34N4O5S/c1-6-22(3,4)16-9-11-23(12-10-16)20(29)27(21(30)25-23)14-19(28)24-17-8-7-15(2)18(13-17)26-33(5,31)32/h7-8,13,16,26H,6,9-12,14H2,1-5H3,(H,24,28)(H,25,30). The van der Waals surface area contributed by atoms with Gasteiger partial charge in [0.1, 0.15) is 12.1 Å². The first-order valence-electron chi connectivity index (χ1n) is 11.3. The van der Waals surface area contributed by atoms with Gasteiger partial charge in [0.15, 0.2) is 0 Å². The molecule has 1 heterocycles. The Morgan fingerprint density at radius 3 is 2.45 bits per heavy atom. The smallest absolute Gasteiger partial charge is 0.324 e. The van der Waals surface area contributed by atoms with Gasteiger partial charge in [0, 0.05) is 5.69 Å². The number of urea groups is 1. The van der Waals surface area contributed by atoms with Gasteiger partial charge in [-0.2, -0.15) is 0 Å². The largest absolute Gasteiger partial charge is 0.325 e. The molecule has 4 amide bonds. The maximum absolute atomic E-state index is 13.1. The topological polar surface area (TPSA) is 125 Å². The first kappa shape index (κ1) is 25.0. The van der Waals surface area contributed by atoms with Crippen LogP contribution in [-0.2, 0) is 19.6 Å². The van der Waals surface area contributed by atoms with Crippen molar-refractivity contribution in [2.24, 2.45) is 11.3 Å². The molecule has 3 rings (SSSR count). The van der Waals surface area contributed by atoms with Crippen LogP contribution in [0.5, 0.6) is 0 Å². The summed E-state index contributed by atoms with van der Waals surface area (Å²) in [6.07, 6.45) is 4.95. The van der Waals surface area contributed by atoms with Crippen LogP contribution in [0.2, 0.25) is 0 Å². The third-order valence-electron chi connectivity index (χ3n) is 7.22. The Labute approximate surface area is 195 Å². The number of anilines is 2. The predicted octanol–water partition coefficient (Wildman–Crippen LogP) is 3.22. The van der Waals surface area contributed by atoms with Crippen LogP contribution in [0.1, 0.15) is 58.4 Å². The molecule has 10 heteroatoms. The zero-order valence-corrected chi connectivity index (χ0v) is 20.8. The highest BCUT2D eigenvalue weighted by Crippen LogP contribution is 2.45. The molecule has 2 fully saturated rings. The van der Waals surface area contributed by atoms with E-state index in [2.05, 4.69) is 36.1 Å². The number of imide groups is 1. The summed E-state index contributed by atoms with van der Waals surface area (Å²) in [5, 5.41) is 5.49. The lowest BCUT2D eigenvalue weighted by atomic mass is 9.65. The van der Waals surface area contributed by atoms with E-state index < -0.39 is 34.0 Å². The maximum atomic E-state index is 13.1. The molecule has 1 aliphatic carbocycles. The minimum absolute atomic E-state index is 0.186. The second-order valence-electron chi connectivity index (χ2n) is 9.97. The van der Waals surface area contributed by atoms with Gasteiger partial charge in [0.25, 0.3) is 5.91 Å². The highest BCUT2D eigenvalue weighted by atomic mass is 32.2. The van der Waals surface area contributed by atoms with Gasteiger partial charge in [-0.1, -0.05) is 33.3 Å². The molecule has 9 nitrogen and oxygen atoms in total. The Hall–Kier alpha value is -2.62. The summed E-state index contributed by atoms with van der Waals surface area (Å²) in [6.45, 7) is 7.98. The van der Waals surface area contributed by atoms with Crippen molar-refractivity contribution in [2.75, 3.05) is 22.8 Å². The van der Waals surface area contributed by atoms with Gasteiger partial charge in [-0.25, -0.2) is 13.2 Å². The van der Waals surface area contributed by atoms with Crippen LogP contribution in [0.4, 0.5) is 16.2 Å². The van der Waals surface area contributed by atoms with E-state index in [0.29, 0.717) is 35.7 Å². The fraction of sp³-hybridized carbons (Fsp3) is 0.609. The molecule has 1 saturated heterocycles. The fourth-order valence-corrected chi connectivity index (χ4v) is 5.31. The molecule has 0 bridgehead atoms. The minimum atomic E-state index is -3.48. The molecule has 1 aromatic carbocycles. The van der Waals surface area contributed by atoms with Gasteiger partial charge in [-0.15, -0.1) is 0 Å². The molecule has 1 saturated carbocycles. The van der Waals surface area contributed by atoms with Crippen LogP contribution in [0.25, 0.3) is 0 Å². The van der Waals surface area contributed by atoms with Crippen LogP contribution in [0.15, 0.2) is 18.2 Å². The molecule has 0 aromatic heterocycles. The van der Waals surface area contributed by atoms with E-state index in [9.17, 15) is 22.8 Å². The molecular weight excluding hydrogens is 444 g/mol. The van der Waals surface area contributed by atoms with E-state index in [1.165, 1.54) is 6.07 Å². The average molecular weight is 479 g/mol. The third kappa shape index (κ3) is 5.48. The van der Waals surface area contributed by atoms with Crippen LogP contribution in [-0.4, -0.2) is 49.5 Å². The molecule has 1 spiro atoms. The van der Waals surface area contributed by atoms with Gasteiger partial charge in [-0.3, -0.25) is 19.2 Å². The van der Waals surface area contributed by atoms with Crippen molar-refractivity contribution in [1.29, 1.82) is 0 Å². The highest BCUT2D eigenvalue weighted by Gasteiger charge is 2.53. The predicted molar refractivity (Wildman–Crippen MR) is 127 cm³/mol. The van der Waals surface area contributed by atoms with Crippen LogP contribution in [0.3, 0.4) is 0 Å². The molecule has 0 radical (unpaired) electrons. The SMILES string of the molecule is CCC(C)(C)C1CCC2(CC1)NC(=O)N(CC(=O)Nc1ccc(C)c(NS(C)(=O)=O)c1)C2=O. The fourth-order valence-electron chi connectivity index (χ4n) is 4.69. The molecule has 1 aliphatic heterocycles. The van der Waals surface area contributed by atoms with Gasteiger partial charge in [0.2, 0.25) is 15.9 Å². The summed E-state index contributed by atoms with van der Waals surface area (Å²) in [6, 6.07) is 4.25. The van der Waals surface area contributed by atoms with Gasteiger partial charge in [0.05, 0.1) is 11.9 Å². The van der Waals surface area contributed by atoms with Crippen molar-refractivity contribution in [3.05, 3.63) is 23.8 Å². The van der Waals surface area contributed by atoms with Crippen molar-refractivity contribution < 1.29 is 22.8 Å². The quantitative estimate of drug-likeness (QED) is 0.519. The summed E-state index contributed by atoms with van der Waals surface area (Å²) in [5.74, 6) is -0.393. The third-order valence-corrected chi connectivity index (χ3v) is 7.81. The van der Waals surface area contributed by atoms with Crippen molar-refractivity contribution >= 4 is 39.2 Å². The summed E-state index contributed by atoms with van der Waals surface area (Å²) in [5.41, 5.74) is 0.660. The summed E-state index contributed by atoms with van der Waals surface area (Å²) in [4.78, 5) is 39.3. The number of nitrogens with zero attached hydrogens (tertiary/aromatic N) is 1. The van der Waals surface area contributed by atoms with Crippen molar-refractivity contribution in [1.82, 2.24) is 10.2 Å². The lowest BCUT2D eigenvalue weighted by molar-refractivity contribution is -0.135. The zero-order chi connectivity index (χ0) is 24.6. The number of amides is 4. The molecule has 33 heavy (non-hydrogen) atoms. The number of rotatable bonds is 7. The van der Waals surface area contributed by atoms with E-state index >= 15 is 0 Å². The van der Waals surface area contributed by atoms with Crippen molar-refractivity contribution in [2.45, 2.75) is 65.3 Å². The Kier molecular flexibility index (Phi) is 6.79. The first-order valence-corrected chi connectivity index (χ1v) is 13.2. The highest BCUT2D eigenvalue weighted by molar-refractivity contribution is 7.92. The number of hydrogen-bond acceptors (Lipinski definition) is 5. The van der Waals surface area contributed by atoms with Crippen LogP contribution < -0.4 is 15.4 Å². The number of carbonyl (C=O) groups is 3. The Balaban J connectivity index is 1.65. The molecule has 0 atom stereocenters.